The van der Waals surface area contributed by atoms with Crippen LogP contribution < -0.4 is 5.73 Å². The third-order valence-electron chi connectivity index (χ3n) is 6.07. The number of carbonyl (C=O) groups excluding carboxylic acids is 2. The van der Waals surface area contributed by atoms with Crippen molar-refractivity contribution in [1.82, 2.24) is 19.9 Å². The highest BCUT2D eigenvalue weighted by Gasteiger charge is 2.20. The van der Waals surface area contributed by atoms with Crippen LogP contribution >= 0.6 is 0 Å². The highest BCUT2D eigenvalue weighted by molar-refractivity contribution is 6.45. The number of ketones is 1. The summed E-state index contributed by atoms with van der Waals surface area (Å²) in [6.45, 7) is 4.91. The van der Waals surface area contributed by atoms with Gasteiger partial charge in [-0.2, -0.15) is 0 Å². The van der Waals surface area contributed by atoms with Gasteiger partial charge in [-0.15, -0.1) is 0 Å². The lowest BCUT2D eigenvalue weighted by Crippen LogP contribution is -2.36. The molecule has 0 spiro atoms. The number of rotatable bonds is 6. The molecule has 1 aliphatic rings. The average molecular weight is 445 g/mol. The summed E-state index contributed by atoms with van der Waals surface area (Å²) in [5.41, 5.74) is 10.1. The molecule has 1 fully saturated rings. The summed E-state index contributed by atoms with van der Waals surface area (Å²) in [5, 5.41) is 8.89. The minimum absolute atomic E-state index is 0.0360. The van der Waals surface area contributed by atoms with Crippen LogP contribution in [0.4, 0.5) is 0 Å². The van der Waals surface area contributed by atoms with E-state index in [2.05, 4.69) is 15.0 Å². The number of nitrogens with one attached hydrogen (secondary N) is 2. The molecule has 0 bridgehead atoms. The molecule has 8 nitrogen and oxygen atoms in total. The Morgan fingerprint density at radius 2 is 1.88 bits per heavy atom. The number of fused-ring (bicyclic) bond motifs is 1. The van der Waals surface area contributed by atoms with Crippen LogP contribution in [0.5, 0.6) is 0 Å². The number of likely N-dealkylation sites (tertiary alicyclic amines) is 1. The van der Waals surface area contributed by atoms with E-state index in [9.17, 15) is 9.59 Å². The number of amides is 1. The third kappa shape index (κ3) is 4.84. The predicted molar refractivity (Wildman–Crippen MR) is 128 cm³/mol. The molecule has 33 heavy (non-hydrogen) atoms. The highest BCUT2D eigenvalue weighted by Crippen LogP contribution is 2.25. The van der Waals surface area contributed by atoms with Gasteiger partial charge in [0.25, 0.3) is 5.91 Å². The number of allylic oxidation sites excluding steroid dienone is 2. The standard InChI is InChI=1S/C25H28N6O2/c1-15(16(2)26)23(27)22(32)11-17-10-19-13-20(30-24(19)29-14-17)18-6-7-28-21(12-18)25(33)31-8-4-3-5-9-31/h6-7,10,12-14,27H,3-5,8-9,11,26H2,1-2H3,(H,29,30)/b16-15-,27-23?. The van der Waals surface area contributed by atoms with Crippen molar-refractivity contribution in [2.24, 2.45) is 5.73 Å². The van der Waals surface area contributed by atoms with Crippen LogP contribution in [0.15, 0.2) is 47.9 Å². The first-order chi connectivity index (χ1) is 15.8. The van der Waals surface area contributed by atoms with Crippen molar-refractivity contribution in [1.29, 1.82) is 5.41 Å². The van der Waals surface area contributed by atoms with Gasteiger partial charge in [0, 0.05) is 54.2 Å². The van der Waals surface area contributed by atoms with Gasteiger partial charge in [-0.3, -0.25) is 20.0 Å². The topological polar surface area (TPSA) is 129 Å². The molecule has 4 N–H and O–H groups in total. The lowest BCUT2D eigenvalue weighted by molar-refractivity contribution is -0.112. The van der Waals surface area contributed by atoms with Crippen molar-refractivity contribution in [3.63, 3.8) is 0 Å². The summed E-state index contributed by atoms with van der Waals surface area (Å²) in [4.78, 5) is 39.2. The molecule has 4 rings (SSSR count). The number of hydrogen-bond donors (Lipinski definition) is 3. The molecule has 1 saturated heterocycles. The smallest absolute Gasteiger partial charge is 0.272 e. The molecule has 1 aliphatic heterocycles. The number of aromatic amines is 1. The van der Waals surface area contributed by atoms with Gasteiger partial charge < -0.3 is 15.6 Å². The first kappa shape index (κ1) is 22.4. The molecule has 0 aromatic carbocycles. The number of pyridine rings is 2. The second-order valence-electron chi connectivity index (χ2n) is 8.53. The van der Waals surface area contributed by atoms with Gasteiger partial charge in [0.05, 0.1) is 0 Å². The van der Waals surface area contributed by atoms with E-state index in [0.717, 1.165) is 54.6 Å². The van der Waals surface area contributed by atoms with Crippen LogP contribution in [0.2, 0.25) is 0 Å². The molecule has 0 saturated carbocycles. The van der Waals surface area contributed by atoms with Crippen molar-refractivity contribution in [3.05, 3.63) is 59.2 Å². The second-order valence-corrected chi connectivity index (χ2v) is 8.53. The largest absolute Gasteiger partial charge is 0.402 e. The van der Waals surface area contributed by atoms with Crippen LogP contribution in [-0.2, 0) is 11.2 Å². The Balaban J connectivity index is 1.55. The average Bonchev–Trinajstić information content (AvgIpc) is 3.26. The number of nitrogens with two attached hydrogens (primary N) is 1. The monoisotopic (exact) mass is 444 g/mol. The minimum atomic E-state index is -0.302. The Labute approximate surface area is 192 Å². The number of Topliss-reactive ketones (excluding diaryl/α,β-unsaturated/α-hetero) is 1. The molecule has 0 aliphatic carbocycles. The molecule has 170 valence electrons. The van der Waals surface area contributed by atoms with E-state index in [1.165, 1.54) is 0 Å². The zero-order valence-corrected chi connectivity index (χ0v) is 18.9. The Kier molecular flexibility index (Phi) is 6.35. The molecular weight excluding hydrogens is 416 g/mol. The fourth-order valence-electron chi connectivity index (χ4n) is 3.97. The molecule has 8 heteroatoms. The number of piperidine rings is 1. The minimum Gasteiger partial charge on any atom is -0.402 e. The summed E-state index contributed by atoms with van der Waals surface area (Å²) < 4.78 is 0. The van der Waals surface area contributed by atoms with E-state index in [4.69, 9.17) is 11.1 Å². The molecule has 1 amide bonds. The number of carbonyl (C=O) groups is 2. The molecule has 4 heterocycles. The Morgan fingerprint density at radius 1 is 1.12 bits per heavy atom. The van der Waals surface area contributed by atoms with Crippen LogP contribution in [0, 0.1) is 5.41 Å². The first-order valence-electron chi connectivity index (χ1n) is 11.1. The van der Waals surface area contributed by atoms with Crippen molar-refractivity contribution in [3.8, 4) is 11.3 Å². The van der Waals surface area contributed by atoms with E-state index < -0.39 is 0 Å². The van der Waals surface area contributed by atoms with Gasteiger partial charge >= 0.3 is 0 Å². The Hall–Kier alpha value is -3.81. The lowest BCUT2D eigenvalue weighted by atomic mass is 10.0. The molecule has 0 radical (unpaired) electrons. The summed E-state index contributed by atoms with van der Waals surface area (Å²) in [6, 6.07) is 7.50. The van der Waals surface area contributed by atoms with Crippen molar-refractivity contribution < 1.29 is 9.59 Å². The van der Waals surface area contributed by atoms with Crippen molar-refractivity contribution in [2.75, 3.05) is 13.1 Å². The summed E-state index contributed by atoms with van der Waals surface area (Å²) >= 11 is 0. The fourth-order valence-corrected chi connectivity index (χ4v) is 3.97. The van der Waals surface area contributed by atoms with Crippen LogP contribution in [-0.4, -0.2) is 50.3 Å². The molecule has 0 unspecified atom stereocenters. The van der Waals surface area contributed by atoms with Crippen LogP contribution in [0.25, 0.3) is 22.3 Å². The Morgan fingerprint density at radius 3 is 2.61 bits per heavy atom. The maximum absolute atomic E-state index is 12.8. The summed E-state index contributed by atoms with van der Waals surface area (Å²) in [6.07, 6.45) is 6.60. The van der Waals surface area contributed by atoms with E-state index in [1.807, 2.05) is 23.1 Å². The van der Waals surface area contributed by atoms with Gasteiger partial charge in [-0.1, -0.05) is 0 Å². The lowest BCUT2D eigenvalue weighted by Gasteiger charge is -2.26. The van der Waals surface area contributed by atoms with Gasteiger partial charge in [0.15, 0.2) is 5.78 Å². The van der Waals surface area contributed by atoms with Crippen molar-refractivity contribution >= 4 is 28.4 Å². The second kappa shape index (κ2) is 9.36. The molecule has 3 aromatic rings. The maximum atomic E-state index is 12.8. The number of hydrogen-bond acceptors (Lipinski definition) is 6. The van der Waals surface area contributed by atoms with E-state index in [-0.39, 0.29) is 23.8 Å². The van der Waals surface area contributed by atoms with E-state index >= 15 is 0 Å². The first-order valence-corrected chi connectivity index (χ1v) is 11.1. The zero-order valence-electron chi connectivity index (χ0n) is 18.9. The quantitative estimate of drug-likeness (QED) is 0.500. The Bertz CT molecular complexity index is 1260. The number of H-pyrrole nitrogens is 1. The summed E-state index contributed by atoms with van der Waals surface area (Å²) in [5.74, 6) is -0.338. The third-order valence-corrected chi connectivity index (χ3v) is 6.07. The maximum Gasteiger partial charge on any atom is 0.272 e. The molecule has 3 aromatic heterocycles. The van der Waals surface area contributed by atoms with Gasteiger partial charge in [0.1, 0.15) is 17.1 Å². The predicted octanol–water partition coefficient (Wildman–Crippen LogP) is 3.63. The number of aromatic nitrogens is 3. The van der Waals surface area contributed by atoms with Gasteiger partial charge in [0.2, 0.25) is 0 Å². The zero-order chi connectivity index (χ0) is 23.5. The van der Waals surface area contributed by atoms with Gasteiger partial charge in [-0.05, 0) is 68.5 Å². The van der Waals surface area contributed by atoms with Crippen LogP contribution in [0.1, 0.15) is 49.2 Å². The highest BCUT2D eigenvalue weighted by atomic mass is 16.2. The fraction of sp³-hybridized carbons (Fsp3) is 0.320. The van der Waals surface area contributed by atoms with Gasteiger partial charge in [-0.25, -0.2) is 4.98 Å². The summed E-state index contributed by atoms with van der Waals surface area (Å²) in [7, 11) is 0. The molecular formula is C25H28N6O2. The van der Waals surface area contributed by atoms with Crippen LogP contribution in [0.3, 0.4) is 0 Å². The normalized spacial score (nSPS) is 14.8. The van der Waals surface area contributed by atoms with E-state index in [0.29, 0.717) is 22.6 Å². The van der Waals surface area contributed by atoms with E-state index in [1.54, 1.807) is 32.3 Å². The SMILES string of the molecule is C/C(N)=C(\C)C(=N)C(=O)Cc1cnc2[nH]c(-c3ccnc(C(=O)N4CCCCC4)c3)cc2c1. The van der Waals surface area contributed by atoms with Crippen molar-refractivity contribution in [2.45, 2.75) is 39.5 Å². The molecule has 0 atom stereocenters. The number of nitrogens with zero attached hydrogens (tertiary/aromatic N) is 3.